The van der Waals surface area contributed by atoms with E-state index in [-0.39, 0.29) is 6.04 Å². The lowest BCUT2D eigenvalue weighted by Gasteiger charge is -2.05. The Balaban J connectivity index is 2.73. The van der Waals surface area contributed by atoms with E-state index in [0.29, 0.717) is 0 Å². The van der Waals surface area contributed by atoms with Crippen molar-refractivity contribution in [2.24, 2.45) is 5.73 Å². The van der Waals surface area contributed by atoms with Crippen LogP contribution in [0.4, 0.5) is 0 Å². The predicted octanol–water partition coefficient (Wildman–Crippen LogP) is 1.58. The second-order valence-corrected chi connectivity index (χ2v) is 2.97. The Hall–Kier alpha value is -1.35. The summed E-state index contributed by atoms with van der Waals surface area (Å²) in [6, 6.07) is 6.07. The van der Waals surface area contributed by atoms with E-state index in [4.69, 9.17) is 5.73 Å². The molecule has 0 saturated heterocycles. The Bertz CT molecular complexity index is 389. The second kappa shape index (κ2) is 2.60. The van der Waals surface area contributed by atoms with Gasteiger partial charge in [-0.3, -0.25) is 5.10 Å². The van der Waals surface area contributed by atoms with Gasteiger partial charge in [0.1, 0.15) is 0 Å². The standard InChI is InChI=1S/C9H11N3/c1-6(10)7-3-2-4-9-8(7)5-11-12-9/h2-6H,10H2,1H3,(H,11,12)/t6-/m1/s1. The third kappa shape index (κ3) is 0.987. The number of aromatic amines is 1. The Labute approximate surface area is 70.6 Å². The van der Waals surface area contributed by atoms with Gasteiger partial charge in [-0.25, -0.2) is 0 Å². The molecule has 1 heterocycles. The zero-order chi connectivity index (χ0) is 8.55. The van der Waals surface area contributed by atoms with E-state index >= 15 is 0 Å². The lowest BCUT2D eigenvalue weighted by atomic mass is 10.1. The molecular formula is C9H11N3. The third-order valence-electron chi connectivity index (χ3n) is 2.01. The monoisotopic (exact) mass is 161 g/mol. The van der Waals surface area contributed by atoms with E-state index in [2.05, 4.69) is 10.2 Å². The van der Waals surface area contributed by atoms with E-state index in [1.807, 2.05) is 31.3 Å². The summed E-state index contributed by atoms with van der Waals surface area (Å²) in [5, 5.41) is 7.99. The molecule has 0 amide bonds. The molecule has 12 heavy (non-hydrogen) atoms. The number of nitrogens with zero attached hydrogens (tertiary/aromatic N) is 1. The molecule has 1 atom stereocenters. The minimum absolute atomic E-state index is 0.0614. The van der Waals surface area contributed by atoms with E-state index in [0.717, 1.165) is 16.5 Å². The molecule has 3 heteroatoms. The minimum atomic E-state index is 0.0614. The molecule has 1 aromatic heterocycles. The average molecular weight is 161 g/mol. The minimum Gasteiger partial charge on any atom is -0.324 e. The summed E-state index contributed by atoms with van der Waals surface area (Å²) < 4.78 is 0. The molecule has 62 valence electrons. The quantitative estimate of drug-likeness (QED) is 0.667. The fourth-order valence-corrected chi connectivity index (χ4v) is 1.39. The predicted molar refractivity (Wildman–Crippen MR) is 48.7 cm³/mol. The average Bonchev–Trinajstić information content (AvgIpc) is 2.49. The van der Waals surface area contributed by atoms with Gasteiger partial charge in [0, 0.05) is 11.4 Å². The molecule has 2 rings (SSSR count). The number of nitrogens with one attached hydrogen (secondary N) is 1. The zero-order valence-electron chi connectivity index (χ0n) is 6.91. The lowest BCUT2D eigenvalue weighted by molar-refractivity contribution is 0.827. The molecule has 3 N–H and O–H groups in total. The van der Waals surface area contributed by atoms with Crippen molar-refractivity contribution in [1.82, 2.24) is 10.2 Å². The summed E-state index contributed by atoms with van der Waals surface area (Å²) in [4.78, 5) is 0. The van der Waals surface area contributed by atoms with Gasteiger partial charge in [-0.15, -0.1) is 0 Å². The van der Waals surface area contributed by atoms with Crippen molar-refractivity contribution in [2.45, 2.75) is 13.0 Å². The fraction of sp³-hybridized carbons (Fsp3) is 0.222. The van der Waals surface area contributed by atoms with Crippen LogP contribution in [-0.4, -0.2) is 10.2 Å². The molecule has 1 aromatic carbocycles. The molecule has 0 radical (unpaired) electrons. The van der Waals surface area contributed by atoms with Gasteiger partial charge in [0.25, 0.3) is 0 Å². The highest BCUT2D eigenvalue weighted by atomic mass is 15.1. The van der Waals surface area contributed by atoms with Crippen LogP contribution in [0.3, 0.4) is 0 Å². The lowest BCUT2D eigenvalue weighted by Crippen LogP contribution is -2.04. The van der Waals surface area contributed by atoms with Crippen LogP contribution in [0.5, 0.6) is 0 Å². The first-order valence-corrected chi connectivity index (χ1v) is 3.96. The van der Waals surface area contributed by atoms with Gasteiger partial charge in [-0.2, -0.15) is 5.10 Å². The molecule has 0 aliphatic carbocycles. The summed E-state index contributed by atoms with van der Waals surface area (Å²) in [6.45, 7) is 1.97. The van der Waals surface area contributed by atoms with E-state index in [1.165, 1.54) is 0 Å². The number of hydrogen-bond donors (Lipinski definition) is 2. The van der Waals surface area contributed by atoms with Crippen LogP contribution in [-0.2, 0) is 0 Å². The molecule has 0 unspecified atom stereocenters. The van der Waals surface area contributed by atoms with Crippen LogP contribution in [0, 0.1) is 0 Å². The summed E-state index contributed by atoms with van der Waals surface area (Å²) in [5.41, 5.74) is 7.98. The molecule has 0 bridgehead atoms. The van der Waals surface area contributed by atoms with Crippen molar-refractivity contribution in [2.75, 3.05) is 0 Å². The summed E-state index contributed by atoms with van der Waals surface area (Å²) in [6.07, 6.45) is 1.81. The smallest absolute Gasteiger partial charge is 0.0653 e. The first kappa shape index (κ1) is 7.31. The van der Waals surface area contributed by atoms with Crippen molar-refractivity contribution in [3.05, 3.63) is 30.0 Å². The van der Waals surface area contributed by atoms with E-state index in [1.54, 1.807) is 0 Å². The highest BCUT2D eigenvalue weighted by Crippen LogP contribution is 2.20. The zero-order valence-corrected chi connectivity index (χ0v) is 6.91. The molecular weight excluding hydrogens is 150 g/mol. The molecule has 2 aromatic rings. The Morgan fingerprint density at radius 2 is 2.33 bits per heavy atom. The molecule has 0 aliphatic rings. The normalized spacial score (nSPS) is 13.5. The van der Waals surface area contributed by atoms with Crippen LogP contribution in [0.1, 0.15) is 18.5 Å². The number of nitrogens with two attached hydrogens (primary N) is 1. The number of aromatic nitrogens is 2. The Kier molecular flexibility index (Phi) is 1.59. The maximum atomic E-state index is 5.80. The number of fused-ring (bicyclic) bond motifs is 1. The molecule has 0 fully saturated rings. The van der Waals surface area contributed by atoms with Crippen molar-refractivity contribution in [1.29, 1.82) is 0 Å². The molecule has 0 aliphatic heterocycles. The first-order chi connectivity index (χ1) is 5.79. The summed E-state index contributed by atoms with van der Waals surface area (Å²) in [5.74, 6) is 0. The number of hydrogen-bond acceptors (Lipinski definition) is 2. The van der Waals surface area contributed by atoms with Gasteiger partial charge in [-0.1, -0.05) is 12.1 Å². The molecule has 0 saturated carbocycles. The van der Waals surface area contributed by atoms with Gasteiger partial charge in [0.2, 0.25) is 0 Å². The topological polar surface area (TPSA) is 54.7 Å². The number of rotatable bonds is 1. The van der Waals surface area contributed by atoms with Gasteiger partial charge in [0.05, 0.1) is 11.7 Å². The molecule has 3 nitrogen and oxygen atoms in total. The SMILES string of the molecule is C[C@@H](N)c1cccc2[nH]ncc12. The Morgan fingerprint density at radius 1 is 1.50 bits per heavy atom. The van der Waals surface area contributed by atoms with Crippen molar-refractivity contribution in [3.63, 3.8) is 0 Å². The highest BCUT2D eigenvalue weighted by Gasteiger charge is 2.04. The highest BCUT2D eigenvalue weighted by molar-refractivity contribution is 5.81. The largest absolute Gasteiger partial charge is 0.324 e. The first-order valence-electron chi connectivity index (χ1n) is 3.96. The van der Waals surface area contributed by atoms with Gasteiger partial charge in [-0.05, 0) is 18.6 Å². The number of benzene rings is 1. The summed E-state index contributed by atoms with van der Waals surface area (Å²) in [7, 11) is 0. The maximum Gasteiger partial charge on any atom is 0.0653 e. The maximum absolute atomic E-state index is 5.80. The Morgan fingerprint density at radius 3 is 3.08 bits per heavy atom. The fourth-order valence-electron chi connectivity index (χ4n) is 1.39. The van der Waals surface area contributed by atoms with E-state index < -0.39 is 0 Å². The van der Waals surface area contributed by atoms with Gasteiger partial charge in [0.15, 0.2) is 0 Å². The summed E-state index contributed by atoms with van der Waals surface area (Å²) >= 11 is 0. The third-order valence-corrected chi connectivity index (χ3v) is 2.01. The second-order valence-electron chi connectivity index (χ2n) is 2.97. The molecule has 0 spiro atoms. The van der Waals surface area contributed by atoms with Crippen molar-refractivity contribution in [3.8, 4) is 0 Å². The van der Waals surface area contributed by atoms with Gasteiger partial charge < -0.3 is 5.73 Å². The van der Waals surface area contributed by atoms with Crippen LogP contribution >= 0.6 is 0 Å². The number of H-pyrrole nitrogens is 1. The van der Waals surface area contributed by atoms with Crippen molar-refractivity contribution >= 4 is 10.9 Å². The van der Waals surface area contributed by atoms with Crippen LogP contribution < -0.4 is 5.73 Å². The van der Waals surface area contributed by atoms with Crippen LogP contribution in [0.25, 0.3) is 10.9 Å². The van der Waals surface area contributed by atoms with Crippen LogP contribution in [0.2, 0.25) is 0 Å². The van der Waals surface area contributed by atoms with Crippen LogP contribution in [0.15, 0.2) is 24.4 Å². The van der Waals surface area contributed by atoms with E-state index in [9.17, 15) is 0 Å². The van der Waals surface area contributed by atoms with Crippen molar-refractivity contribution < 1.29 is 0 Å². The van der Waals surface area contributed by atoms with Gasteiger partial charge >= 0.3 is 0 Å².